The topological polar surface area (TPSA) is 102 Å². The van der Waals surface area contributed by atoms with Crippen LogP contribution in [0.2, 0.25) is 0 Å². The summed E-state index contributed by atoms with van der Waals surface area (Å²) in [6, 6.07) is 0. The molecular weight excluding hydrogens is 320 g/mol. The number of nitrogens with zero attached hydrogens (tertiary/aromatic N) is 4. The van der Waals surface area contributed by atoms with Gasteiger partial charge in [-0.2, -0.15) is 4.98 Å². The molecule has 7 heteroatoms. The van der Waals surface area contributed by atoms with E-state index in [9.17, 15) is 9.90 Å². The van der Waals surface area contributed by atoms with Crippen LogP contribution in [0.1, 0.15) is 69.6 Å². The van der Waals surface area contributed by atoms with E-state index in [0.717, 1.165) is 25.2 Å². The van der Waals surface area contributed by atoms with Crippen LogP contribution < -0.4 is 0 Å². The number of aromatic nitrogens is 4. The lowest BCUT2D eigenvalue weighted by Gasteiger charge is -2.21. The fraction of sp³-hybridized carbons (Fsp3) is 0.611. The normalized spacial score (nSPS) is 16.6. The van der Waals surface area contributed by atoms with Gasteiger partial charge in [-0.25, -0.2) is 4.98 Å². The van der Waals surface area contributed by atoms with Crippen molar-refractivity contribution in [3.8, 4) is 11.5 Å². The summed E-state index contributed by atoms with van der Waals surface area (Å²) < 4.78 is 5.33. The molecule has 1 N–H and O–H groups in total. The monoisotopic (exact) mass is 344 g/mol. The Kier molecular flexibility index (Phi) is 6.09. The minimum atomic E-state index is -0.845. The second kappa shape index (κ2) is 8.69. The van der Waals surface area contributed by atoms with E-state index >= 15 is 0 Å². The zero-order chi connectivity index (χ0) is 17.5. The second-order valence-corrected chi connectivity index (χ2v) is 6.78. The summed E-state index contributed by atoms with van der Waals surface area (Å²) in [6.07, 6.45) is 14.2. The molecular formula is C18H24N4O3. The Labute approximate surface area is 146 Å². The largest absolute Gasteiger partial charge is 0.481 e. The quantitative estimate of drug-likeness (QED) is 0.776. The van der Waals surface area contributed by atoms with Crippen molar-refractivity contribution in [1.82, 2.24) is 20.1 Å². The number of carboxylic acid groups (broad SMARTS) is 1. The average Bonchev–Trinajstić information content (AvgIpc) is 3.12. The van der Waals surface area contributed by atoms with Crippen LogP contribution in [0.15, 0.2) is 23.1 Å². The maximum Gasteiger partial charge on any atom is 0.304 e. The number of aliphatic carboxylic acids is 1. The highest BCUT2D eigenvalue weighted by molar-refractivity contribution is 5.67. The van der Waals surface area contributed by atoms with Gasteiger partial charge >= 0.3 is 5.97 Å². The molecule has 1 fully saturated rings. The highest BCUT2D eigenvalue weighted by Gasteiger charge is 2.23. The molecule has 1 atom stereocenters. The predicted octanol–water partition coefficient (Wildman–Crippen LogP) is 3.84. The predicted molar refractivity (Wildman–Crippen MR) is 90.7 cm³/mol. The third-order valence-electron chi connectivity index (χ3n) is 4.89. The number of carboxylic acids is 1. The summed E-state index contributed by atoms with van der Waals surface area (Å²) in [6.45, 7) is 0. The SMILES string of the molecule is O=C(O)CC(CCCC1CCCCC1)c1nc(-c2cnccn2)no1. The summed E-state index contributed by atoms with van der Waals surface area (Å²) >= 11 is 0. The molecule has 1 unspecified atom stereocenters. The molecule has 0 saturated heterocycles. The van der Waals surface area contributed by atoms with E-state index in [4.69, 9.17) is 4.52 Å². The van der Waals surface area contributed by atoms with E-state index in [-0.39, 0.29) is 12.3 Å². The van der Waals surface area contributed by atoms with E-state index in [1.165, 1.54) is 32.1 Å². The smallest absolute Gasteiger partial charge is 0.304 e. The zero-order valence-electron chi connectivity index (χ0n) is 14.3. The van der Waals surface area contributed by atoms with Crippen molar-refractivity contribution >= 4 is 5.97 Å². The fourth-order valence-electron chi connectivity index (χ4n) is 3.57. The molecule has 3 rings (SSSR count). The molecule has 2 aromatic rings. The van der Waals surface area contributed by atoms with Crippen molar-refractivity contribution in [2.75, 3.05) is 0 Å². The molecule has 7 nitrogen and oxygen atoms in total. The van der Waals surface area contributed by atoms with Gasteiger partial charge in [-0.05, 0) is 12.3 Å². The molecule has 1 aliphatic rings. The van der Waals surface area contributed by atoms with Crippen molar-refractivity contribution in [3.05, 3.63) is 24.5 Å². The molecule has 0 radical (unpaired) electrons. The first-order chi connectivity index (χ1) is 12.2. The third-order valence-corrected chi connectivity index (χ3v) is 4.89. The van der Waals surface area contributed by atoms with Crippen molar-refractivity contribution in [1.29, 1.82) is 0 Å². The average molecular weight is 344 g/mol. The van der Waals surface area contributed by atoms with Crippen LogP contribution in [0, 0.1) is 5.92 Å². The van der Waals surface area contributed by atoms with Gasteiger partial charge in [-0.3, -0.25) is 9.78 Å². The first-order valence-corrected chi connectivity index (χ1v) is 9.04. The number of rotatable bonds is 8. The van der Waals surface area contributed by atoms with Gasteiger partial charge in [-0.15, -0.1) is 0 Å². The highest BCUT2D eigenvalue weighted by Crippen LogP contribution is 2.31. The van der Waals surface area contributed by atoms with E-state index in [0.29, 0.717) is 17.4 Å². The first-order valence-electron chi connectivity index (χ1n) is 9.04. The number of hydrogen-bond acceptors (Lipinski definition) is 6. The van der Waals surface area contributed by atoms with Crippen LogP contribution in [0.5, 0.6) is 0 Å². The van der Waals surface area contributed by atoms with Gasteiger partial charge in [0.1, 0.15) is 5.69 Å². The molecule has 0 aliphatic heterocycles. The van der Waals surface area contributed by atoms with Crippen LogP contribution in [0.4, 0.5) is 0 Å². The minimum absolute atomic E-state index is 0.00671. The molecule has 0 bridgehead atoms. The summed E-state index contributed by atoms with van der Waals surface area (Å²) in [4.78, 5) is 23.7. The van der Waals surface area contributed by atoms with Crippen LogP contribution >= 0.6 is 0 Å². The third kappa shape index (κ3) is 5.08. The molecule has 1 saturated carbocycles. The van der Waals surface area contributed by atoms with Gasteiger partial charge in [0.15, 0.2) is 0 Å². The van der Waals surface area contributed by atoms with Crippen molar-refractivity contribution in [3.63, 3.8) is 0 Å². The molecule has 25 heavy (non-hydrogen) atoms. The number of carbonyl (C=O) groups is 1. The Morgan fingerprint density at radius 1 is 1.28 bits per heavy atom. The Balaban J connectivity index is 1.62. The first kappa shape index (κ1) is 17.5. The van der Waals surface area contributed by atoms with Crippen molar-refractivity contribution < 1.29 is 14.4 Å². The molecule has 1 aliphatic carbocycles. The summed E-state index contributed by atoms with van der Waals surface area (Å²) in [5.41, 5.74) is 0.522. The second-order valence-electron chi connectivity index (χ2n) is 6.78. The molecule has 134 valence electrons. The molecule has 2 heterocycles. The van der Waals surface area contributed by atoms with Gasteiger partial charge in [0, 0.05) is 18.3 Å². The van der Waals surface area contributed by atoms with Gasteiger partial charge in [0.05, 0.1) is 12.6 Å². The van der Waals surface area contributed by atoms with Gasteiger partial charge in [0.25, 0.3) is 0 Å². The summed E-state index contributed by atoms with van der Waals surface area (Å²) in [5.74, 6) is 0.426. The minimum Gasteiger partial charge on any atom is -0.481 e. The van der Waals surface area contributed by atoms with Crippen LogP contribution in [-0.2, 0) is 4.79 Å². The lowest BCUT2D eigenvalue weighted by Crippen LogP contribution is -2.10. The maximum absolute atomic E-state index is 11.2. The van der Waals surface area contributed by atoms with E-state index in [1.54, 1.807) is 18.6 Å². The van der Waals surface area contributed by atoms with Gasteiger partial charge in [0.2, 0.25) is 11.7 Å². The number of hydrogen-bond donors (Lipinski definition) is 1. The van der Waals surface area contributed by atoms with Crippen LogP contribution in [0.3, 0.4) is 0 Å². The van der Waals surface area contributed by atoms with Crippen molar-refractivity contribution in [2.24, 2.45) is 5.92 Å². The molecule has 2 aromatic heterocycles. The molecule has 0 spiro atoms. The summed E-state index contributed by atoms with van der Waals surface area (Å²) in [7, 11) is 0. The maximum atomic E-state index is 11.2. The highest BCUT2D eigenvalue weighted by atomic mass is 16.5. The van der Waals surface area contributed by atoms with E-state index in [2.05, 4.69) is 20.1 Å². The Bertz CT molecular complexity index is 668. The molecule has 0 aromatic carbocycles. The van der Waals surface area contributed by atoms with E-state index in [1.807, 2.05) is 0 Å². The van der Waals surface area contributed by atoms with Crippen LogP contribution in [0.25, 0.3) is 11.5 Å². The molecule has 0 amide bonds. The Hall–Kier alpha value is -2.31. The van der Waals surface area contributed by atoms with Gasteiger partial charge < -0.3 is 9.63 Å². The summed E-state index contributed by atoms with van der Waals surface area (Å²) in [5, 5.41) is 13.1. The van der Waals surface area contributed by atoms with Gasteiger partial charge in [-0.1, -0.05) is 50.1 Å². The van der Waals surface area contributed by atoms with E-state index < -0.39 is 5.97 Å². The lowest BCUT2D eigenvalue weighted by molar-refractivity contribution is -0.137. The Morgan fingerprint density at radius 3 is 2.84 bits per heavy atom. The Morgan fingerprint density at radius 2 is 2.12 bits per heavy atom. The standard InChI is InChI=1S/C18H24N4O3/c23-16(24)11-14(8-4-7-13-5-2-1-3-6-13)18-21-17(22-25-18)15-12-19-9-10-20-15/h9-10,12-14H,1-8,11H2,(H,23,24). The fourth-order valence-corrected chi connectivity index (χ4v) is 3.57. The van der Waals surface area contributed by atoms with Crippen molar-refractivity contribution in [2.45, 2.75) is 63.7 Å². The lowest BCUT2D eigenvalue weighted by atomic mass is 9.84. The zero-order valence-corrected chi connectivity index (χ0v) is 14.3. The van der Waals surface area contributed by atoms with Crippen LogP contribution in [-0.4, -0.2) is 31.2 Å².